The van der Waals surface area contributed by atoms with Crippen LogP contribution in [0.15, 0.2) is 54.2 Å². The molecule has 0 unspecified atom stereocenters. The smallest absolute Gasteiger partial charge is 0.246 e. The van der Waals surface area contributed by atoms with E-state index in [-0.39, 0.29) is 11.8 Å². The van der Waals surface area contributed by atoms with Gasteiger partial charge in [0.05, 0.1) is 11.4 Å². The molecule has 7 heteroatoms. The van der Waals surface area contributed by atoms with Crippen molar-refractivity contribution in [2.75, 3.05) is 18.4 Å². The topological polar surface area (TPSA) is 71.0 Å². The zero-order valence-corrected chi connectivity index (χ0v) is 17.1. The van der Waals surface area contributed by atoms with Crippen LogP contribution in [-0.2, 0) is 4.79 Å². The number of aromatic nitrogens is 3. The van der Waals surface area contributed by atoms with E-state index in [1.807, 2.05) is 53.6 Å². The van der Waals surface area contributed by atoms with Crippen molar-refractivity contribution in [3.8, 4) is 0 Å². The number of hydrogen-bond donors (Lipinski definition) is 1. The Bertz CT molecular complexity index is 1000. The molecule has 3 aromatic rings. The molecular weight excluding hydrogens is 382 g/mol. The van der Waals surface area contributed by atoms with Gasteiger partial charge in [-0.25, -0.2) is 9.97 Å². The predicted molar refractivity (Wildman–Crippen MR) is 116 cm³/mol. The molecule has 148 valence electrons. The molecule has 1 aromatic carbocycles. The summed E-state index contributed by atoms with van der Waals surface area (Å²) in [6.07, 6.45) is 8.85. The van der Waals surface area contributed by atoms with Gasteiger partial charge in [0.15, 0.2) is 10.9 Å². The van der Waals surface area contributed by atoms with E-state index in [9.17, 15) is 4.79 Å². The number of thiazole rings is 1. The second-order valence-electron chi connectivity index (χ2n) is 7.08. The lowest BCUT2D eigenvalue weighted by Crippen LogP contribution is -2.38. The van der Waals surface area contributed by atoms with Crippen LogP contribution < -0.4 is 5.32 Å². The number of carbonyl (C=O) groups is 1. The summed E-state index contributed by atoms with van der Waals surface area (Å²) >= 11 is 1.55. The van der Waals surface area contributed by atoms with Crippen molar-refractivity contribution in [3.05, 3.63) is 71.1 Å². The van der Waals surface area contributed by atoms with Crippen LogP contribution in [0.4, 0.5) is 10.9 Å². The molecular formula is C22H23N5OS. The van der Waals surface area contributed by atoms with Gasteiger partial charge in [-0.05, 0) is 31.4 Å². The lowest BCUT2D eigenvalue weighted by Gasteiger charge is -2.32. The van der Waals surface area contributed by atoms with E-state index in [1.54, 1.807) is 29.8 Å². The Morgan fingerprint density at radius 3 is 2.86 bits per heavy atom. The predicted octanol–water partition coefficient (Wildman–Crippen LogP) is 4.40. The Morgan fingerprint density at radius 1 is 1.24 bits per heavy atom. The fraction of sp³-hybridized carbons (Fsp3) is 0.273. The monoisotopic (exact) mass is 405 g/mol. The van der Waals surface area contributed by atoms with Crippen molar-refractivity contribution in [1.29, 1.82) is 0 Å². The highest BCUT2D eigenvalue weighted by Crippen LogP contribution is 2.31. The lowest BCUT2D eigenvalue weighted by atomic mass is 9.94. The van der Waals surface area contributed by atoms with Crippen LogP contribution in [0.3, 0.4) is 0 Å². The zero-order chi connectivity index (χ0) is 20.1. The van der Waals surface area contributed by atoms with Gasteiger partial charge in [0, 0.05) is 42.9 Å². The van der Waals surface area contributed by atoms with Crippen LogP contribution in [0.2, 0.25) is 0 Å². The molecule has 0 bridgehead atoms. The molecule has 3 heterocycles. The second-order valence-corrected chi connectivity index (χ2v) is 7.93. The Morgan fingerprint density at radius 2 is 2.07 bits per heavy atom. The number of nitrogens with zero attached hydrogens (tertiary/aromatic N) is 4. The molecule has 1 fully saturated rings. The average molecular weight is 406 g/mol. The fourth-order valence-corrected chi connectivity index (χ4v) is 4.18. The van der Waals surface area contributed by atoms with Crippen LogP contribution in [0.25, 0.3) is 6.08 Å². The molecule has 0 spiro atoms. The first-order valence-corrected chi connectivity index (χ1v) is 10.6. The van der Waals surface area contributed by atoms with E-state index in [4.69, 9.17) is 0 Å². The van der Waals surface area contributed by atoms with E-state index >= 15 is 0 Å². The maximum atomic E-state index is 12.7. The molecule has 1 aliphatic rings. The molecule has 1 atom stereocenters. The zero-order valence-electron chi connectivity index (χ0n) is 16.3. The number of rotatable bonds is 5. The van der Waals surface area contributed by atoms with Crippen molar-refractivity contribution in [3.63, 3.8) is 0 Å². The highest BCUT2D eigenvalue weighted by molar-refractivity contribution is 7.13. The second kappa shape index (κ2) is 8.96. The number of aryl methyl sites for hydroxylation is 1. The molecule has 1 N–H and O–H groups in total. The summed E-state index contributed by atoms with van der Waals surface area (Å²) in [4.78, 5) is 28.1. The summed E-state index contributed by atoms with van der Waals surface area (Å²) in [5.41, 5.74) is 2.89. The fourth-order valence-electron chi connectivity index (χ4n) is 3.49. The number of benzene rings is 1. The number of amides is 1. The first-order valence-electron chi connectivity index (χ1n) is 9.71. The third-order valence-electron chi connectivity index (χ3n) is 4.91. The Hall–Kier alpha value is -3.06. The largest absolute Gasteiger partial charge is 0.338 e. The van der Waals surface area contributed by atoms with E-state index in [2.05, 4.69) is 20.3 Å². The highest BCUT2D eigenvalue weighted by atomic mass is 32.1. The Labute approximate surface area is 174 Å². The Balaban J connectivity index is 1.47. The van der Waals surface area contributed by atoms with Gasteiger partial charge in [0.25, 0.3) is 0 Å². The highest BCUT2D eigenvalue weighted by Gasteiger charge is 2.27. The molecule has 4 rings (SSSR count). The summed E-state index contributed by atoms with van der Waals surface area (Å²) in [5, 5.41) is 6.10. The van der Waals surface area contributed by atoms with E-state index in [1.165, 1.54) is 0 Å². The molecule has 29 heavy (non-hydrogen) atoms. The Kier molecular flexibility index (Phi) is 5.95. The van der Waals surface area contributed by atoms with Gasteiger partial charge in [-0.2, -0.15) is 0 Å². The summed E-state index contributed by atoms with van der Waals surface area (Å²) in [5.74, 6) is 0.906. The SMILES string of the molecule is Cc1csc(Nc2nccnc2[C@@H]2CCCN(C(=O)/C=C/c3ccccc3)C2)n1. The maximum absolute atomic E-state index is 12.7. The van der Waals surface area contributed by atoms with Crippen LogP contribution in [0, 0.1) is 6.92 Å². The minimum absolute atomic E-state index is 0.0347. The first kappa shape index (κ1) is 19.3. The number of anilines is 2. The van der Waals surface area contributed by atoms with E-state index < -0.39 is 0 Å². The van der Waals surface area contributed by atoms with Crippen molar-refractivity contribution in [1.82, 2.24) is 19.9 Å². The molecule has 6 nitrogen and oxygen atoms in total. The minimum Gasteiger partial charge on any atom is -0.338 e. The van der Waals surface area contributed by atoms with Crippen LogP contribution >= 0.6 is 11.3 Å². The molecule has 0 aliphatic carbocycles. The van der Waals surface area contributed by atoms with E-state index in [0.29, 0.717) is 6.54 Å². The number of piperidine rings is 1. The van der Waals surface area contributed by atoms with Crippen LogP contribution in [0.5, 0.6) is 0 Å². The van der Waals surface area contributed by atoms with Crippen LogP contribution in [-0.4, -0.2) is 38.8 Å². The van der Waals surface area contributed by atoms with Gasteiger partial charge in [0.2, 0.25) is 5.91 Å². The third kappa shape index (κ3) is 4.86. The molecule has 2 aromatic heterocycles. The van der Waals surface area contributed by atoms with Gasteiger partial charge in [0.1, 0.15) is 0 Å². The number of hydrogen-bond acceptors (Lipinski definition) is 6. The quantitative estimate of drug-likeness (QED) is 0.637. The lowest BCUT2D eigenvalue weighted by molar-refractivity contribution is -0.127. The standard InChI is InChI=1S/C22H23N5OS/c1-16-15-29-22(25-16)26-21-20(23-11-12-24-21)18-8-5-13-27(14-18)19(28)10-9-17-6-3-2-4-7-17/h2-4,6-7,9-12,15,18H,5,8,13-14H2,1H3,(H,24,25,26)/b10-9+/t18-/m1/s1. The summed E-state index contributed by atoms with van der Waals surface area (Å²) in [6, 6.07) is 9.87. The molecule has 1 amide bonds. The third-order valence-corrected chi connectivity index (χ3v) is 5.78. The summed E-state index contributed by atoms with van der Waals surface area (Å²) in [7, 11) is 0. The maximum Gasteiger partial charge on any atom is 0.246 e. The van der Waals surface area contributed by atoms with E-state index in [0.717, 1.165) is 47.3 Å². The molecule has 0 radical (unpaired) electrons. The van der Waals surface area contributed by atoms with Crippen molar-refractivity contribution in [2.45, 2.75) is 25.7 Å². The van der Waals surface area contributed by atoms with Gasteiger partial charge in [-0.1, -0.05) is 30.3 Å². The van der Waals surface area contributed by atoms with Crippen molar-refractivity contribution >= 4 is 34.3 Å². The van der Waals surface area contributed by atoms with Crippen molar-refractivity contribution in [2.24, 2.45) is 0 Å². The number of nitrogens with one attached hydrogen (secondary N) is 1. The minimum atomic E-state index is 0.0347. The van der Waals surface area contributed by atoms with Gasteiger partial charge in [-0.15, -0.1) is 11.3 Å². The first-order chi connectivity index (χ1) is 14.2. The van der Waals surface area contributed by atoms with Gasteiger partial charge >= 0.3 is 0 Å². The van der Waals surface area contributed by atoms with Gasteiger partial charge in [-0.3, -0.25) is 9.78 Å². The number of likely N-dealkylation sites (tertiary alicyclic amines) is 1. The van der Waals surface area contributed by atoms with Crippen LogP contribution in [0.1, 0.15) is 35.7 Å². The number of carbonyl (C=O) groups excluding carboxylic acids is 1. The summed E-state index contributed by atoms with van der Waals surface area (Å²) in [6.45, 7) is 3.37. The molecule has 0 saturated carbocycles. The molecule has 1 saturated heterocycles. The van der Waals surface area contributed by atoms with Crippen molar-refractivity contribution < 1.29 is 4.79 Å². The normalized spacial score (nSPS) is 16.9. The molecule has 1 aliphatic heterocycles. The van der Waals surface area contributed by atoms with Gasteiger partial charge < -0.3 is 10.2 Å². The average Bonchev–Trinajstić information content (AvgIpc) is 3.18. The summed E-state index contributed by atoms with van der Waals surface area (Å²) < 4.78 is 0.